The van der Waals surface area contributed by atoms with Gasteiger partial charge >= 0.3 is 0 Å². The third-order valence-corrected chi connectivity index (χ3v) is 4.25. The number of hydrogen-bond acceptors (Lipinski definition) is 4. The Morgan fingerprint density at radius 1 is 1.50 bits per heavy atom. The van der Waals surface area contributed by atoms with E-state index in [1.54, 1.807) is 11.6 Å². The maximum atomic E-state index is 11.8. The number of hydroxylamine groups is 1. The highest BCUT2D eigenvalue weighted by Gasteiger charge is 2.30. The van der Waals surface area contributed by atoms with Crippen LogP contribution in [0.1, 0.15) is 34.1 Å². The molecule has 0 fully saturated rings. The summed E-state index contributed by atoms with van der Waals surface area (Å²) in [7, 11) is 0. The molecule has 2 amide bonds. The monoisotopic (exact) mass is 272 g/mol. The molecule has 6 heteroatoms. The second kappa shape index (κ2) is 5.75. The highest BCUT2D eigenvalue weighted by atomic mass is 32.2. The summed E-state index contributed by atoms with van der Waals surface area (Å²) in [6, 6.07) is -0.0260. The van der Waals surface area contributed by atoms with Gasteiger partial charge in [-0.2, -0.15) is 0 Å². The van der Waals surface area contributed by atoms with Crippen molar-refractivity contribution in [3.05, 3.63) is 11.0 Å². The second-order valence-electron chi connectivity index (χ2n) is 5.41. The number of thioether (sulfide) groups is 1. The number of amides is 2. The SMILES string of the molecule is C[C@@H](NC(=O)C(C)(C)C)C1CC=C(C(=O)NO)S1. The first-order valence-electron chi connectivity index (χ1n) is 5.88. The van der Waals surface area contributed by atoms with E-state index < -0.39 is 11.3 Å². The zero-order chi connectivity index (χ0) is 13.9. The number of allylic oxidation sites excluding steroid dienone is 1. The molecule has 18 heavy (non-hydrogen) atoms. The molecule has 0 spiro atoms. The van der Waals surface area contributed by atoms with Crippen molar-refractivity contribution in [3.8, 4) is 0 Å². The van der Waals surface area contributed by atoms with Gasteiger partial charge < -0.3 is 5.32 Å². The Balaban J connectivity index is 2.50. The van der Waals surface area contributed by atoms with Gasteiger partial charge in [-0.1, -0.05) is 26.8 Å². The lowest BCUT2D eigenvalue weighted by atomic mass is 9.95. The molecule has 2 atom stereocenters. The number of carbonyl (C=O) groups excluding carboxylic acids is 2. The fraction of sp³-hybridized carbons (Fsp3) is 0.667. The summed E-state index contributed by atoms with van der Waals surface area (Å²) >= 11 is 1.38. The standard InChI is InChI=1S/C12H20N2O3S/c1-7(13-11(16)12(2,3)4)8-5-6-9(18-8)10(15)14-17/h6-8,17H,5H2,1-4H3,(H,13,16)(H,14,15)/t7-,8?/m1/s1. The number of carbonyl (C=O) groups is 2. The van der Waals surface area contributed by atoms with Crippen molar-refractivity contribution in [1.29, 1.82) is 0 Å². The van der Waals surface area contributed by atoms with Gasteiger partial charge in [-0.25, -0.2) is 5.48 Å². The van der Waals surface area contributed by atoms with E-state index in [9.17, 15) is 9.59 Å². The Kier molecular flexibility index (Phi) is 4.81. The van der Waals surface area contributed by atoms with Gasteiger partial charge in [-0.3, -0.25) is 14.8 Å². The zero-order valence-electron chi connectivity index (χ0n) is 11.1. The number of nitrogens with one attached hydrogen (secondary N) is 2. The summed E-state index contributed by atoms with van der Waals surface area (Å²) < 4.78 is 0. The van der Waals surface area contributed by atoms with Crippen molar-refractivity contribution in [2.24, 2.45) is 5.41 Å². The lowest BCUT2D eigenvalue weighted by Crippen LogP contribution is -2.44. The van der Waals surface area contributed by atoms with Crippen LogP contribution in [0, 0.1) is 5.41 Å². The molecule has 0 aliphatic carbocycles. The van der Waals surface area contributed by atoms with Gasteiger partial charge in [0.1, 0.15) is 0 Å². The van der Waals surface area contributed by atoms with E-state index in [1.165, 1.54) is 11.8 Å². The van der Waals surface area contributed by atoms with E-state index >= 15 is 0 Å². The van der Waals surface area contributed by atoms with Gasteiger partial charge in [-0.15, -0.1) is 11.8 Å². The molecule has 0 bridgehead atoms. The first kappa shape index (κ1) is 15.0. The maximum Gasteiger partial charge on any atom is 0.280 e. The molecule has 0 radical (unpaired) electrons. The first-order chi connectivity index (χ1) is 8.25. The first-order valence-corrected chi connectivity index (χ1v) is 6.76. The topological polar surface area (TPSA) is 78.4 Å². The molecular formula is C12H20N2O3S. The van der Waals surface area contributed by atoms with Gasteiger partial charge in [0.05, 0.1) is 4.91 Å². The van der Waals surface area contributed by atoms with E-state index in [1.807, 2.05) is 27.7 Å². The fourth-order valence-electron chi connectivity index (χ4n) is 1.51. The zero-order valence-corrected chi connectivity index (χ0v) is 11.9. The quantitative estimate of drug-likeness (QED) is 0.536. The third-order valence-electron chi connectivity index (χ3n) is 2.74. The summed E-state index contributed by atoms with van der Waals surface area (Å²) in [5, 5.41) is 11.6. The lowest BCUT2D eigenvalue weighted by molar-refractivity contribution is -0.129. The van der Waals surface area contributed by atoms with Crippen LogP contribution >= 0.6 is 11.8 Å². The minimum Gasteiger partial charge on any atom is -0.352 e. The van der Waals surface area contributed by atoms with Crippen LogP contribution in [-0.2, 0) is 9.59 Å². The highest BCUT2D eigenvalue weighted by Crippen LogP contribution is 2.34. The van der Waals surface area contributed by atoms with Crippen LogP contribution in [0.15, 0.2) is 11.0 Å². The van der Waals surface area contributed by atoms with Gasteiger partial charge in [0.15, 0.2) is 0 Å². The van der Waals surface area contributed by atoms with Crippen molar-refractivity contribution in [2.75, 3.05) is 0 Å². The molecule has 0 saturated carbocycles. The molecule has 102 valence electrons. The minimum absolute atomic E-state index is 0.00402. The smallest absolute Gasteiger partial charge is 0.280 e. The van der Waals surface area contributed by atoms with Crippen LogP contribution in [0.2, 0.25) is 0 Å². The Morgan fingerprint density at radius 2 is 2.11 bits per heavy atom. The molecule has 1 unspecified atom stereocenters. The third kappa shape index (κ3) is 3.74. The Labute approximate surface area is 111 Å². The van der Waals surface area contributed by atoms with Crippen LogP contribution in [0.4, 0.5) is 0 Å². The van der Waals surface area contributed by atoms with E-state index in [0.29, 0.717) is 11.3 Å². The molecule has 1 heterocycles. The van der Waals surface area contributed by atoms with E-state index in [2.05, 4.69) is 5.32 Å². The van der Waals surface area contributed by atoms with Crippen molar-refractivity contribution in [2.45, 2.75) is 45.4 Å². The van der Waals surface area contributed by atoms with Crippen LogP contribution < -0.4 is 10.8 Å². The maximum absolute atomic E-state index is 11.8. The highest BCUT2D eigenvalue weighted by molar-refractivity contribution is 8.04. The van der Waals surface area contributed by atoms with Crippen LogP contribution in [0.3, 0.4) is 0 Å². The predicted molar refractivity (Wildman–Crippen MR) is 71.1 cm³/mol. The van der Waals surface area contributed by atoms with E-state index in [4.69, 9.17) is 5.21 Å². The van der Waals surface area contributed by atoms with Crippen LogP contribution in [0.5, 0.6) is 0 Å². The normalized spacial score (nSPS) is 21.2. The molecule has 0 aromatic carbocycles. The molecule has 0 aromatic rings. The summed E-state index contributed by atoms with van der Waals surface area (Å²) in [6.07, 6.45) is 2.49. The number of rotatable bonds is 3. The fourth-order valence-corrected chi connectivity index (χ4v) is 2.64. The van der Waals surface area contributed by atoms with Crippen LogP contribution in [0.25, 0.3) is 0 Å². The van der Waals surface area contributed by atoms with Crippen molar-refractivity contribution in [3.63, 3.8) is 0 Å². The molecular weight excluding hydrogens is 252 g/mol. The molecule has 1 aliphatic heterocycles. The summed E-state index contributed by atoms with van der Waals surface area (Å²) in [5.74, 6) is -0.493. The molecule has 1 rings (SSSR count). The van der Waals surface area contributed by atoms with Gasteiger partial charge in [0.25, 0.3) is 5.91 Å². The second-order valence-corrected chi connectivity index (χ2v) is 6.69. The average molecular weight is 272 g/mol. The van der Waals surface area contributed by atoms with Crippen molar-refractivity contribution in [1.82, 2.24) is 10.8 Å². The lowest BCUT2D eigenvalue weighted by Gasteiger charge is -2.25. The van der Waals surface area contributed by atoms with E-state index in [-0.39, 0.29) is 17.2 Å². The Hall–Kier alpha value is -1.01. The largest absolute Gasteiger partial charge is 0.352 e. The van der Waals surface area contributed by atoms with Crippen molar-refractivity contribution < 1.29 is 14.8 Å². The molecule has 0 aromatic heterocycles. The molecule has 5 nitrogen and oxygen atoms in total. The Morgan fingerprint density at radius 3 is 2.61 bits per heavy atom. The molecule has 3 N–H and O–H groups in total. The van der Waals surface area contributed by atoms with Crippen molar-refractivity contribution >= 4 is 23.6 Å². The molecule has 1 aliphatic rings. The minimum atomic E-state index is -0.489. The van der Waals surface area contributed by atoms with Gasteiger partial charge in [0.2, 0.25) is 5.91 Å². The summed E-state index contributed by atoms with van der Waals surface area (Å²) in [5.41, 5.74) is 1.20. The summed E-state index contributed by atoms with van der Waals surface area (Å²) in [6.45, 7) is 7.51. The van der Waals surface area contributed by atoms with Gasteiger partial charge in [0, 0.05) is 16.7 Å². The van der Waals surface area contributed by atoms with E-state index in [0.717, 1.165) is 0 Å². The van der Waals surface area contributed by atoms with Gasteiger partial charge in [-0.05, 0) is 13.3 Å². The predicted octanol–water partition coefficient (Wildman–Crippen LogP) is 1.43. The average Bonchev–Trinajstić information content (AvgIpc) is 2.75. The molecule has 0 saturated heterocycles. The van der Waals surface area contributed by atoms with Crippen LogP contribution in [-0.4, -0.2) is 28.3 Å². The summed E-state index contributed by atoms with van der Waals surface area (Å²) in [4.78, 5) is 23.6. The number of hydrogen-bond donors (Lipinski definition) is 3. The Bertz CT molecular complexity index is 374.